The molecule has 2 N–H and O–H groups in total. The van der Waals surface area contributed by atoms with Crippen LogP contribution < -0.4 is 0 Å². The Morgan fingerprint density at radius 3 is 2.29 bits per heavy atom. The Morgan fingerprint density at radius 1 is 1.14 bits per heavy atom. The quantitative estimate of drug-likeness (QED) is 0.893. The van der Waals surface area contributed by atoms with Gasteiger partial charge in [-0.15, -0.1) is 0 Å². The molecule has 110 valence electrons. The van der Waals surface area contributed by atoms with Crippen LogP contribution in [-0.2, 0) is 11.8 Å². The Kier molecular flexibility index (Phi) is 4.03. The molecular weight excluding hydrogens is 264 g/mol. The van der Waals surface area contributed by atoms with E-state index in [4.69, 9.17) is 0 Å². The number of phenols is 1. The van der Waals surface area contributed by atoms with Crippen LogP contribution in [0.2, 0.25) is 0 Å². The van der Waals surface area contributed by atoms with Crippen LogP contribution in [-0.4, -0.2) is 16.2 Å². The fourth-order valence-electron chi connectivity index (χ4n) is 2.55. The number of carbonyl (C=O) groups is 1. The summed E-state index contributed by atoms with van der Waals surface area (Å²) in [5.41, 5.74) is 2.08. The lowest BCUT2D eigenvalue weighted by molar-refractivity contribution is 0.0693. The molecule has 21 heavy (non-hydrogen) atoms. The topological polar surface area (TPSA) is 57.5 Å². The number of aromatic hydroxyl groups is 1. The highest BCUT2D eigenvalue weighted by atomic mass is 16.4. The first-order chi connectivity index (χ1) is 9.87. The first-order valence-electron chi connectivity index (χ1n) is 7.03. The lowest BCUT2D eigenvalue weighted by atomic mass is 9.76. The second kappa shape index (κ2) is 5.60. The second-order valence-corrected chi connectivity index (χ2v) is 5.69. The second-order valence-electron chi connectivity index (χ2n) is 5.69. The summed E-state index contributed by atoms with van der Waals surface area (Å²) in [6, 6.07) is 13.2. The number of hydrogen-bond acceptors (Lipinski definition) is 2. The lowest BCUT2D eigenvalue weighted by Crippen LogP contribution is -2.20. The van der Waals surface area contributed by atoms with Gasteiger partial charge in [0, 0.05) is 11.0 Å². The minimum atomic E-state index is -1.10. The summed E-state index contributed by atoms with van der Waals surface area (Å²) in [6.07, 6.45) is 0.721. The van der Waals surface area contributed by atoms with E-state index in [2.05, 4.69) is 0 Å². The van der Waals surface area contributed by atoms with Crippen LogP contribution in [0.25, 0.3) is 0 Å². The van der Waals surface area contributed by atoms with E-state index in [9.17, 15) is 15.0 Å². The van der Waals surface area contributed by atoms with E-state index in [1.165, 1.54) is 0 Å². The Bertz CT molecular complexity index is 658. The summed E-state index contributed by atoms with van der Waals surface area (Å²) in [5, 5.41) is 19.7. The number of carboxylic acid groups (broad SMARTS) is 1. The number of aryl methyl sites for hydroxylation is 1. The Hall–Kier alpha value is -2.29. The fraction of sp³-hybridized carbons (Fsp3) is 0.278. The zero-order chi connectivity index (χ0) is 15.6. The molecule has 0 aliphatic heterocycles. The molecular formula is C18H20O3. The summed E-state index contributed by atoms with van der Waals surface area (Å²) >= 11 is 0. The highest BCUT2D eigenvalue weighted by molar-refractivity contribution is 5.91. The molecule has 0 heterocycles. The third kappa shape index (κ3) is 2.77. The normalized spacial score (nSPS) is 11.4. The van der Waals surface area contributed by atoms with Crippen molar-refractivity contribution in [3.05, 3.63) is 64.7 Å². The summed E-state index contributed by atoms with van der Waals surface area (Å²) < 4.78 is 0. The Labute approximate surface area is 124 Å². The number of carboxylic acids is 1. The van der Waals surface area contributed by atoms with Crippen molar-refractivity contribution in [2.75, 3.05) is 0 Å². The number of hydrogen-bond donors (Lipinski definition) is 2. The minimum Gasteiger partial charge on any atom is -0.507 e. The largest absolute Gasteiger partial charge is 0.507 e. The van der Waals surface area contributed by atoms with Crippen molar-refractivity contribution < 1.29 is 15.0 Å². The molecule has 3 nitrogen and oxygen atoms in total. The van der Waals surface area contributed by atoms with Crippen molar-refractivity contribution in [2.45, 2.75) is 32.6 Å². The third-order valence-corrected chi connectivity index (χ3v) is 3.98. The highest BCUT2D eigenvalue weighted by Gasteiger charge is 2.29. The van der Waals surface area contributed by atoms with Crippen LogP contribution >= 0.6 is 0 Å². The van der Waals surface area contributed by atoms with Crippen LogP contribution in [0.15, 0.2) is 42.5 Å². The van der Waals surface area contributed by atoms with E-state index in [1.807, 2.05) is 57.2 Å². The molecule has 0 fully saturated rings. The lowest BCUT2D eigenvalue weighted by Gasteiger charge is -2.28. The molecule has 0 aliphatic rings. The van der Waals surface area contributed by atoms with Gasteiger partial charge >= 0.3 is 5.97 Å². The zero-order valence-electron chi connectivity index (χ0n) is 12.6. The van der Waals surface area contributed by atoms with E-state index in [1.54, 1.807) is 6.07 Å². The molecule has 0 saturated heterocycles. The van der Waals surface area contributed by atoms with Crippen molar-refractivity contribution in [3.63, 3.8) is 0 Å². The van der Waals surface area contributed by atoms with Gasteiger partial charge in [0.1, 0.15) is 11.3 Å². The smallest absolute Gasteiger partial charge is 0.339 e. The van der Waals surface area contributed by atoms with Crippen molar-refractivity contribution in [1.82, 2.24) is 0 Å². The van der Waals surface area contributed by atoms with Crippen molar-refractivity contribution in [2.24, 2.45) is 0 Å². The molecule has 2 aromatic carbocycles. The molecule has 0 bridgehead atoms. The Balaban J connectivity index is 2.68. The predicted molar refractivity (Wildman–Crippen MR) is 83.0 cm³/mol. The van der Waals surface area contributed by atoms with E-state index in [0.717, 1.165) is 17.5 Å². The number of rotatable bonds is 4. The monoisotopic (exact) mass is 284 g/mol. The first-order valence-corrected chi connectivity index (χ1v) is 7.03. The third-order valence-electron chi connectivity index (χ3n) is 3.98. The van der Waals surface area contributed by atoms with Crippen LogP contribution in [0.4, 0.5) is 0 Å². The predicted octanol–water partition coefficient (Wildman–Crippen LogP) is 3.98. The van der Waals surface area contributed by atoms with Crippen LogP contribution in [0.1, 0.15) is 47.8 Å². The summed E-state index contributed by atoms with van der Waals surface area (Å²) in [4.78, 5) is 11.3. The summed E-state index contributed by atoms with van der Waals surface area (Å²) in [6.45, 7) is 5.95. The molecule has 0 radical (unpaired) electrons. The van der Waals surface area contributed by atoms with Crippen LogP contribution in [0.3, 0.4) is 0 Å². The van der Waals surface area contributed by atoms with Crippen molar-refractivity contribution >= 4 is 5.97 Å². The van der Waals surface area contributed by atoms with E-state index >= 15 is 0 Å². The van der Waals surface area contributed by atoms with Gasteiger partial charge in [0.2, 0.25) is 0 Å². The molecule has 2 aromatic rings. The molecule has 0 aromatic heterocycles. The molecule has 0 saturated carbocycles. The molecule has 0 aliphatic carbocycles. The van der Waals surface area contributed by atoms with E-state index < -0.39 is 11.4 Å². The maximum absolute atomic E-state index is 11.3. The van der Waals surface area contributed by atoms with Gasteiger partial charge in [-0.25, -0.2) is 4.79 Å². The average Bonchev–Trinajstić information content (AvgIpc) is 2.48. The van der Waals surface area contributed by atoms with Gasteiger partial charge in [-0.2, -0.15) is 0 Å². The van der Waals surface area contributed by atoms with Gasteiger partial charge in [-0.3, -0.25) is 0 Å². The molecule has 3 heteroatoms. The minimum absolute atomic E-state index is 0.0339. The van der Waals surface area contributed by atoms with Crippen molar-refractivity contribution in [1.29, 1.82) is 0 Å². The molecule has 0 unspecified atom stereocenters. The van der Waals surface area contributed by atoms with Gasteiger partial charge < -0.3 is 10.2 Å². The van der Waals surface area contributed by atoms with Gasteiger partial charge in [-0.1, -0.05) is 57.2 Å². The van der Waals surface area contributed by atoms with E-state index in [-0.39, 0.29) is 11.3 Å². The van der Waals surface area contributed by atoms with E-state index in [0.29, 0.717) is 5.56 Å². The zero-order valence-corrected chi connectivity index (χ0v) is 12.6. The molecule has 0 spiro atoms. The molecule has 2 rings (SSSR count). The van der Waals surface area contributed by atoms with Crippen LogP contribution in [0, 0.1) is 0 Å². The summed E-state index contributed by atoms with van der Waals surface area (Å²) in [7, 11) is 0. The Morgan fingerprint density at radius 2 is 1.76 bits per heavy atom. The number of benzene rings is 2. The average molecular weight is 284 g/mol. The SMILES string of the molecule is CCc1cc(C(=O)O)c(O)c(C(C)(C)c2ccccc2)c1. The fourth-order valence-corrected chi connectivity index (χ4v) is 2.55. The van der Waals surface area contributed by atoms with Gasteiger partial charge in [0.05, 0.1) is 0 Å². The maximum Gasteiger partial charge on any atom is 0.339 e. The highest BCUT2D eigenvalue weighted by Crippen LogP contribution is 2.39. The standard InChI is InChI=1S/C18H20O3/c1-4-12-10-14(17(20)21)16(19)15(11-12)18(2,3)13-8-6-5-7-9-13/h5-11,19H,4H2,1-3H3,(H,20,21). The van der Waals surface area contributed by atoms with Crippen LogP contribution in [0.5, 0.6) is 5.75 Å². The summed E-state index contributed by atoms with van der Waals surface area (Å²) in [5.74, 6) is -1.25. The van der Waals surface area contributed by atoms with Gasteiger partial charge in [-0.05, 0) is 23.6 Å². The number of aromatic carboxylic acids is 1. The van der Waals surface area contributed by atoms with Gasteiger partial charge in [0.25, 0.3) is 0 Å². The van der Waals surface area contributed by atoms with Crippen molar-refractivity contribution in [3.8, 4) is 5.75 Å². The molecule has 0 atom stereocenters. The molecule has 0 amide bonds. The van der Waals surface area contributed by atoms with Gasteiger partial charge in [0.15, 0.2) is 0 Å². The first kappa shape index (κ1) is 15.1. The maximum atomic E-state index is 11.3.